The number of hydrogen-bond donors (Lipinski definition) is 0. The summed E-state index contributed by atoms with van der Waals surface area (Å²) in [5.74, 6) is -0.164. The fourth-order valence-electron chi connectivity index (χ4n) is 1.54. The van der Waals surface area contributed by atoms with E-state index in [1.807, 2.05) is 6.07 Å². The third kappa shape index (κ3) is 2.83. The van der Waals surface area contributed by atoms with Crippen LogP contribution < -0.4 is 0 Å². The van der Waals surface area contributed by atoms with E-state index >= 15 is 0 Å². The molecule has 0 spiro atoms. The van der Waals surface area contributed by atoms with Crippen LogP contribution in [0.3, 0.4) is 0 Å². The molecular formula is C12H13ClO3. The van der Waals surface area contributed by atoms with Crippen molar-refractivity contribution in [3.8, 4) is 0 Å². The third-order valence-corrected chi connectivity index (χ3v) is 2.61. The van der Waals surface area contributed by atoms with E-state index in [0.717, 1.165) is 17.4 Å². The number of aldehydes is 1. The van der Waals surface area contributed by atoms with Gasteiger partial charge in [-0.1, -0.05) is 12.1 Å². The highest BCUT2D eigenvalue weighted by Crippen LogP contribution is 2.19. The standard InChI is InChI=1S/C12H13ClO3/c1-16-12(15)10-6-2-4-9(5-3-7-14)11(10)8-13/h2,4,6-7H,3,5,8H2,1H3. The Bertz CT molecular complexity index is 388. The number of aryl methyl sites for hydroxylation is 1. The third-order valence-electron chi connectivity index (χ3n) is 2.34. The number of methoxy groups -OCH3 is 1. The fraction of sp³-hybridized carbons (Fsp3) is 0.333. The molecule has 0 amide bonds. The van der Waals surface area contributed by atoms with Crippen molar-refractivity contribution in [1.29, 1.82) is 0 Å². The van der Waals surface area contributed by atoms with E-state index in [1.165, 1.54) is 7.11 Å². The normalized spacial score (nSPS) is 9.88. The number of carbonyl (C=O) groups excluding carboxylic acids is 2. The first kappa shape index (κ1) is 12.7. The minimum atomic E-state index is -0.399. The van der Waals surface area contributed by atoms with Crippen molar-refractivity contribution in [2.75, 3.05) is 7.11 Å². The van der Waals surface area contributed by atoms with Crippen LogP contribution in [-0.2, 0) is 21.8 Å². The van der Waals surface area contributed by atoms with Crippen molar-refractivity contribution in [1.82, 2.24) is 0 Å². The van der Waals surface area contributed by atoms with Gasteiger partial charge in [0.2, 0.25) is 0 Å². The van der Waals surface area contributed by atoms with Gasteiger partial charge in [-0.05, 0) is 23.6 Å². The predicted octanol–water partition coefficient (Wildman–Crippen LogP) is 2.34. The van der Waals surface area contributed by atoms with E-state index < -0.39 is 5.97 Å². The number of carbonyl (C=O) groups is 2. The molecule has 1 rings (SSSR count). The first-order valence-corrected chi connectivity index (χ1v) is 5.46. The Balaban J connectivity index is 3.09. The smallest absolute Gasteiger partial charge is 0.338 e. The van der Waals surface area contributed by atoms with Gasteiger partial charge in [0.05, 0.1) is 12.7 Å². The van der Waals surface area contributed by atoms with Crippen molar-refractivity contribution >= 4 is 23.9 Å². The summed E-state index contributed by atoms with van der Waals surface area (Å²) < 4.78 is 4.67. The lowest BCUT2D eigenvalue weighted by Crippen LogP contribution is -2.07. The van der Waals surface area contributed by atoms with Crippen LogP contribution in [0.25, 0.3) is 0 Å². The van der Waals surface area contributed by atoms with Gasteiger partial charge in [0, 0.05) is 12.3 Å². The molecule has 0 fully saturated rings. The van der Waals surface area contributed by atoms with E-state index in [0.29, 0.717) is 18.4 Å². The molecule has 4 heteroatoms. The molecule has 0 saturated heterocycles. The highest BCUT2D eigenvalue weighted by molar-refractivity contribution is 6.17. The second kappa shape index (κ2) is 6.28. The molecule has 0 radical (unpaired) electrons. The lowest BCUT2D eigenvalue weighted by Gasteiger charge is -2.10. The highest BCUT2D eigenvalue weighted by Gasteiger charge is 2.13. The minimum absolute atomic E-state index is 0.236. The summed E-state index contributed by atoms with van der Waals surface area (Å²) in [6.45, 7) is 0. The largest absolute Gasteiger partial charge is 0.465 e. The molecule has 0 aliphatic heterocycles. The van der Waals surface area contributed by atoms with Gasteiger partial charge in [0.1, 0.15) is 6.29 Å². The lowest BCUT2D eigenvalue weighted by molar-refractivity contribution is -0.107. The van der Waals surface area contributed by atoms with Gasteiger partial charge in [-0.3, -0.25) is 0 Å². The zero-order valence-corrected chi connectivity index (χ0v) is 9.79. The van der Waals surface area contributed by atoms with Gasteiger partial charge in [-0.15, -0.1) is 11.6 Å². The molecule has 0 N–H and O–H groups in total. The maximum Gasteiger partial charge on any atom is 0.338 e. The monoisotopic (exact) mass is 240 g/mol. The molecule has 0 aliphatic carbocycles. The molecule has 0 aromatic heterocycles. The van der Waals surface area contributed by atoms with Gasteiger partial charge in [-0.25, -0.2) is 4.79 Å². The summed E-state index contributed by atoms with van der Waals surface area (Å²) in [6.07, 6.45) is 1.87. The Morgan fingerprint density at radius 2 is 2.25 bits per heavy atom. The number of halogens is 1. The SMILES string of the molecule is COC(=O)c1cccc(CCC=O)c1CCl. The highest BCUT2D eigenvalue weighted by atomic mass is 35.5. The van der Waals surface area contributed by atoms with E-state index in [2.05, 4.69) is 4.74 Å². The quantitative estimate of drug-likeness (QED) is 0.451. The maximum absolute atomic E-state index is 11.5. The molecule has 0 unspecified atom stereocenters. The zero-order chi connectivity index (χ0) is 12.0. The molecule has 86 valence electrons. The van der Waals surface area contributed by atoms with Crippen LogP contribution in [0.4, 0.5) is 0 Å². The Labute approximate surface area is 99.4 Å². The average molecular weight is 241 g/mol. The summed E-state index contributed by atoms with van der Waals surface area (Å²) in [6, 6.07) is 5.31. The van der Waals surface area contributed by atoms with Crippen LogP contribution in [0.1, 0.15) is 27.9 Å². The van der Waals surface area contributed by atoms with Crippen LogP contribution in [0.15, 0.2) is 18.2 Å². The summed E-state index contributed by atoms with van der Waals surface area (Å²) >= 11 is 5.82. The van der Waals surface area contributed by atoms with E-state index in [9.17, 15) is 9.59 Å². The van der Waals surface area contributed by atoms with Crippen LogP contribution in [-0.4, -0.2) is 19.4 Å². The van der Waals surface area contributed by atoms with Gasteiger partial charge in [0.15, 0.2) is 0 Å². The van der Waals surface area contributed by atoms with Crippen molar-refractivity contribution in [2.45, 2.75) is 18.7 Å². The lowest BCUT2D eigenvalue weighted by atomic mass is 9.99. The van der Waals surface area contributed by atoms with Gasteiger partial charge < -0.3 is 9.53 Å². The molecule has 0 bridgehead atoms. The number of rotatable bonds is 5. The summed E-state index contributed by atoms with van der Waals surface area (Å²) in [4.78, 5) is 21.8. The van der Waals surface area contributed by atoms with Crippen LogP contribution in [0.2, 0.25) is 0 Å². The van der Waals surface area contributed by atoms with Crippen molar-refractivity contribution in [3.05, 3.63) is 34.9 Å². The molecule has 1 aromatic rings. The molecular weight excluding hydrogens is 228 g/mol. The molecule has 0 saturated carbocycles. The van der Waals surface area contributed by atoms with Crippen LogP contribution >= 0.6 is 11.6 Å². The summed E-state index contributed by atoms with van der Waals surface area (Å²) in [7, 11) is 1.33. The number of benzene rings is 1. The van der Waals surface area contributed by atoms with Crippen LogP contribution in [0.5, 0.6) is 0 Å². The number of ether oxygens (including phenoxy) is 1. The Kier molecular flexibility index (Phi) is 4.99. The average Bonchev–Trinajstić information content (AvgIpc) is 2.34. The number of hydrogen-bond acceptors (Lipinski definition) is 3. The first-order chi connectivity index (χ1) is 7.74. The number of alkyl halides is 1. The topological polar surface area (TPSA) is 43.4 Å². The number of esters is 1. The van der Waals surface area contributed by atoms with E-state index in [-0.39, 0.29) is 5.88 Å². The molecule has 0 aliphatic rings. The second-order valence-corrected chi connectivity index (χ2v) is 3.54. The summed E-state index contributed by atoms with van der Waals surface area (Å²) in [5, 5.41) is 0. The van der Waals surface area contributed by atoms with Crippen LogP contribution in [0, 0.1) is 0 Å². The second-order valence-electron chi connectivity index (χ2n) is 3.27. The van der Waals surface area contributed by atoms with Crippen molar-refractivity contribution in [2.24, 2.45) is 0 Å². The molecule has 16 heavy (non-hydrogen) atoms. The van der Waals surface area contributed by atoms with E-state index in [1.54, 1.807) is 12.1 Å². The minimum Gasteiger partial charge on any atom is -0.465 e. The van der Waals surface area contributed by atoms with E-state index in [4.69, 9.17) is 11.6 Å². The first-order valence-electron chi connectivity index (χ1n) is 4.93. The zero-order valence-electron chi connectivity index (χ0n) is 9.03. The summed E-state index contributed by atoms with van der Waals surface area (Å²) in [5.41, 5.74) is 2.14. The molecule has 1 aromatic carbocycles. The molecule has 3 nitrogen and oxygen atoms in total. The maximum atomic E-state index is 11.5. The van der Waals surface area contributed by atoms with Gasteiger partial charge in [0.25, 0.3) is 0 Å². The van der Waals surface area contributed by atoms with Gasteiger partial charge in [-0.2, -0.15) is 0 Å². The Morgan fingerprint density at radius 3 is 2.81 bits per heavy atom. The van der Waals surface area contributed by atoms with Gasteiger partial charge >= 0.3 is 5.97 Å². The predicted molar refractivity (Wildman–Crippen MR) is 61.7 cm³/mol. The van der Waals surface area contributed by atoms with Crippen molar-refractivity contribution in [3.63, 3.8) is 0 Å². The Hall–Kier alpha value is -1.35. The Morgan fingerprint density at radius 1 is 1.50 bits per heavy atom. The van der Waals surface area contributed by atoms with Crippen molar-refractivity contribution < 1.29 is 14.3 Å². The molecule has 0 heterocycles. The fourth-order valence-corrected chi connectivity index (χ4v) is 1.86. The molecule has 0 atom stereocenters.